The summed E-state index contributed by atoms with van der Waals surface area (Å²) in [6.45, 7) is 3.12. The molecule has 1 saturated heterocycles. The molecule has 2 aromatic carbocycles. The van der Waals surface area contributed by atoms with Crippen LogP contribution in [0.15, 0.2) is 48.5 Å². The van der Waals surface area contributed by atoms with Crippen LogP contribution in [0.3, 0.4) is 0 Å². The number of nitro groups is 1. The molecule has 130 valence electrons. The summed E-state index contributed by atoms with van der Waals surface area (Å²) in [5, 5.41) is 13.8. The molecule has 0 saturated carbocycles. The molecule has 1 heterocycles. The van der Waals surface area contributed by atoms with E-state index in [0.29, 0.717) is 25.4 Å². The molecule has 3 rings (SSSR count). The van der Waals surface area contributed by atoms with Gasteiger partial charge in [0.1, 0.15) is 0 Å². The van der Waals surface area contributed by atoms with Gasteiger partial charge in [0, 0.05) is 30.9 Å². The summed E-state index contributed by atoms with van der Waals surface area (Å²) in [7, 11) is 0. The Kier molecular flexibility index (Phi) is 5.37. The first kappa shape index (κ1) is 17.1. The number of benzene rings is 2. The number of hydrogen-bond donors (Lipinski definition) is 1. The summed E-state index contributed by atoms with van der Waals surface area (Å²) < 4.78 is 5.27. The molecule has 25 heavy (non-hydrogen) atoms. The zero-order chi connectivity index (χ0) is 17.6. The Morgan fingerprint density at radius 3 is 2.52 bits per heavy atom. The third-order valence-corrected chi connectivity index (χ3v) is 4.01. The van der Waals surface area contributed by atoms with Crippen molar-refractivity contribution in [1.82, 2.24) is 4.90 Å². The van der Waals surface area contributed by atoms with Gasteiger partial charge >= 0.3 is 0 Å². The Morgan fingerprint density at radius 2 is 1.80 bits per heavy atom. The number of ether oxygens (including phenoxy) is 1. The van der Waals surface area contributed by atoms with Gasteiger partial charge in [0.15, 0.2) is 0 Å². The van der Waals surface area contributed by atoms with Crippen LogP contribution in [0.25, 0.3) is 11.1 Å². The maximum atomic E-state index is 12.2. The normalized spacial score (nSPS) is 14.9. The fourth-order valence-electron chi connectivity index (χ4n) is 2.74. The number of amides is 1. The number of hydrogen-bond acceptors (Lipinski definition) is 5. The first-order valence-corrected chi connectivity index (χ1v) is 8.07. The number of rotatable bonds is 5. The van der Waals surface area contributed by atoms with Crippen molar-refractivity contribution in [3.05, 3.63) is 58.6 Å². The summed E-state index contributed by atoms with van der Waals surface area (Å²) in [5.74, 6) is -0.0851. The van der Waals surface area contributed by atoms with Gasteiger partial charge in [-0.05, 0) is 23.3 Å². The maximum absolute atomic E-state index is 12.2. The minimum atomic E-state index is -0.419. The van der Waals surface area contributed by atoms with Crippen LogP contribution >= 0.6 is 0 Å². The van der Waals surface area contributed by atoms with Crippen LogP contribution in [-0.4, -0.2) is 48.6 Å². The van der Waals surface area contributed by atoms with E-state index in [2.05, 4.69) is 5.32 Å². The Labute approximate surface area is 145 Å². The third kappa shape index (κ3) is 4.62. The molecule has 0 bridgehead atoms. The summed E-state index contributed by atoms with van der Waals surface area (Å²) in [4.78, 5) is 24.7. The quantitative estimate of drug-likeness (QED) is 0.667. The zero-order valence-corrected chi connectivity index (χ0v) is 13.7. The average molecular weight is 341 g/mol. The van der Waals surface area contributed by atoms with Crippen molar-refractivity contribution in [3.8, 4) is 11.1 Å². The molecule has 0 radical (unpaired) electrons. The van der Waals surface area contributed by atoms with E-state index >= 15 is 0 Å². The fraction of sp³-hybridized carbons (Fsp3) is 0.278. The molecule has 1 fully saturated rings. The fourth-order valence-corrected chi connectivity index (χ4v) is 2.74. The molecule has 1 N–H and O–H groups in total. The molecule has 1 aliphatic heterocycles. The number of carbonyl (C=O) groups is 1. The zero-order valence-electron chi connectivity index (χ0n) is 13.7. The van der Waals surface area contributed by atoms with E-state index in [0.717, 1.165) is 24.2 Å². The van der Waals surface area contributed by atoms with Crippen molar-refractivity contribution in [2.75, 3.05) is 38.2 Å². The van der Waals surface area contributed by atoms with E-state index in [1.807, 2.05) is 29.2 Å². The number of nitrogens with one attached hydrogen (secondary N) is 1. The number of anilines is 1. The molecule has 2 aromatic rings. The Hall–Kier alpha value is -2.77. The second kappa shape index (κ2) is 7.87. The van der Waals surface area contributed by atoms with Gasteiger partial charge in [0.05, 0.1) is 24.7 Å². The van der Waals surface area contributed by atoms with Gasteiger partial charge in [-0.3, -0.25) is 19.8 Å². The minimum Gasteiger partial charge on any atom is -0.379 e. The van der Waals surface area contributed by atoms with Crippen LogP contribution in [0.1, 0.15) is 0 Å². The van der Waals surface area contributed by atoms with Crippen LogP contribution in [-0.2, 0) is 9.53 Å². The number of nitrogens with zero attached hydrogens (tertiary/aromatic N) is 2. The van der Waals surface area contributed by atoms with Crippen molar-refractivity contribution in [1.29, 1.82) is 0 Å². The predicted molar refractivity (Wildman–Crippen MR) is 94.4 cm³/mol. The number of nitro benzene ring substituents is 1. The minimum absolute atomic E-state index is 0.0410. The van der Waals surface area contributed by atoms with Crippen LogP contribution in [0, 0.1) is 10.1 Å². The highest BCUT2D eigenvalue weighted by molar-refractivity contribution is 5.93. The molecule has 0 atom stereocenters. The van der Waals surface area contributed by atoms with Crippen molar-refractivity contribution >= 4 is 17.3 Å². The first-order chi connectivity index (χ1) is 12.1. The summed E-state index contributed by atoms with van der Waals surface area (Å²) in [6, 6.07) is 13.7. The number of non-ortho nitro benzene ring substituents is 1. The number of carbonyl (C=O) groups excluding carboxylic acids is 1. The standard InChI is InChI=1S/C18H19N3O4/c22-18(13-20-7-9-25-10-8-20)19-16-5-1-3-14(11-16)15-4-2-6-17(12-15)21(23)24/h1-6,11-12H,7-10,13H2,(H,19,22). The lowest BCUT2D eigenvalue weighted by Gasteiger charge is -2.25. The average Bonchev–Trinajstić information content (AvgIpc) is 2.63. The summed E-state index contributed by atoms with van der Waals surface area (Å²) >= 11 is 0. The van der Waals surface area contributed by atoms with Crippen LogP contribution in [0.4, 0.5) is 11.4 Å². The molecule has 0 unspecified atom stereocenters. The highest BCUT2D eigenvalue weighted by atomic mass is 16.6. The van der Waals surface area contributed by atoms with Gasteiger partial charge in [0.25, 0.3) is 5.69 Å². The van der Waals surface area contributed by atoms with Crippen LogP contribution < -0.4 is 5.32 Å². The van der Waals surface area contributed by atoms with Crippen LogP contribution in [0.5, 0.6) is 0 Å². The van der Waals surface area contributed by atoms with Crippen molar-refractivity contribution in [3.63, 3.8) is 0 Å². The summed E-state index contributed by atoms with van der Waals surface area (Å²) in [6.07, 6.45) is 0. The van der Waals surface area contributed by atoms with Gasteiger partial charge < -0.3 is 10.1 Å². The van der Waals surface area contributed by atoms with Gasteiger partial charge in [-0.2, -0.15) is 0 Å². The van der Waals surface area contributed by atoms with E-state index in [1.54, 1.807) is 12.1 Å². The summed E-state index contributed by atoms with van der Waals surface area (Å²) in [5.41, 5.74) is 2.26. The van der Waals surface area contributed by atoms with Crippen molar-refractivity contribution < 1.29 is 14.5 Å². The molecule has 0 aromatic heterocycles. The molecule has 0 aliphatic carbocycles. The Bertz CT molecular complexity index is 772. The van der Waals surface area contributed by atoms with E-state index < -0.39 is 4.92 Å². The highest BCUT2D eigenvalue weighted by Gasteiger charge is 2.14. The topological polar surface area (TPSA) is 84.7 Å². The SMILES string of the molecule is O=C(CN1CCOCC1)Nc1cccc(-c2cccc([N+](=O)[O-])c2)c1. The molecular weight excluding hydrogens is 322 g/mol. The van der Waals surface area contributed by atoms with E-state index in [-0.39, 0.29) is 11.6 Å². The van der Waals surface area contributed by atoms with Gasteiger partial charge in [-0.15, -0.1) is 0 Å². The monoisotopic (exact) mass is 341 g/mol. The van der Waals surface area contributed by atoms with Crippen molar-refractivity contribution in [2.45, 2.75) is 0 Å². The lowest BCUT2D eigenvalue weighted by atomic mass is 10.0. The second-order valence-corrected chi connectivity index (χ2v) is 5.82. The molecule has 7 heteroatoms. The van der Waals surface area contributed by atoms with Gasteiger partial charge in [-0.25, -0.2) is 0 Å². The van der Waals surface area contributed by atoms with E-state index in [4.69, 9.17) is 4.74 Å². The molecule has 7 nitrogen and oxygen atoms in total. The smallest absolute Gasteiger partial charge is 0.270 e. The van der Waals surface area contributed by atoms with Gasteiger partial charge in [-0.1, -0.05) is 24.3 Å². The van der Waals surface area contributed by atoms with Gasteiger partial charge in [0.2, 0.25) is 5.91 Å². The van der Waals surface area contributed by atoms with E-state index in [9.17, 15) is 14.9 Å². The largest absolute Gasteiger partial charge is 0.379 e. The molecular formula is C18H19N3O4. The Morgan fingerprint density at radius 1 is 1.12 bits per heavy atom. The van der Waals surface area contributed by atoms with Crippen molar-refractivity contribution in [2.24, 2.45) is 0 Å². The number of morpholine rings is 1. The van der Waals surface area contributed by atoms with E-state index in [1.165, 1.54) is 12.1 Å². The lowest BCUT2D eigenvalue weighted by Crippen LogP contribution is -2.41. The molecule has 1 aliphatic rings. The third-order valence-electron chi connectivity index (χ3n) is 4.01. The molecule has 1 amide bonds. The molecule has 0 spiro atoms. The Balaban J connectivity index is 1.69. The lowest BCUT2D eigenvalue weighted by molar-refractivity contribution is -0.384. The maximum Gasteiger partial charge on any atom is 0.270 e. The predicted octanol–water partition coefficient (Wildman–Crippen LogP) is 2.53. The first-order valence-electron chi connectivity index (χ1n) is 8.07. The highest BCUT2D eigenvalue weighted by Crippen LogP contribution is 2.26. The van der Waals surface area contributed by atoms with Crippen LogP contribution in [0.2, 0.25) is 0 Å². The second-order valence-electron chi connectivity index (χ2n) is 5.82.